The van der Waals surface area contributed by atoms with E-state index < -0.39 is 17.6 Å². The number of benzene rings is 2. The predicted molar refractivity (Wildman–Crippen MR) is 135 cm³/mol. The number of likely N-dealkylation sites (tertiary alicyclic amines) is 1. The summed E-state index contributed by atoms with van der Waals surface area (Å²) in [5.41, 5.74) is 1.53. The number of halogens is 2. The van der Waals surface area contributed by atoms with E-state index in [1.807, 2.05) is 23.1 Å². The van der Waals surface area contributed by atoms with E-state index in [2.05, 4.69) is 30.6 Å². The number of rotatable bonds is 5. The van der Waals surface area contributed by atoms with Crippen LogP contribution in [0.4, 0.5) is 14.5 Å². The van der Waals surface area contributed by atoms with Gasteiger partial charge < -0.3 is 14.5 Å². The van der Waals surface area contributed by atoms with Crippen molar-refractivity contribution in [2.45, 2.75) is 39.2 Å². The molecule has 36 heavy (non-hydrogen) atoms. The normalized spacial score (nSPS) is 21.1. The third-order valence-electron chi connectivity index (χ3n) is 7.28. The molecule has 194 valence electrons. The monoisotopic (exact) mass is 499 g/mol. The van der Waals surface area contributed by atoms with Gasteiger partial charge in [0.25, 0.3) is 0 Å². The van der Waals surface area contributed by atoms with Crippen LogP contribution in [0.2, 0.25) is 0 Å². The zero-order valence-electron chi connectivity index (χ0n) is 21.5. The van der Waals surface area contributed by atoms with Crippen LogP contribution in [-0.2, 0) is 9.53 Å². The zero-order chi connectivity index (χ0) is 26.0. The molecule has 2 aromatic rings. The van der Waals surface area contributed by atoms with Crippen molar-refractivity contribution >= 4 is 17.6 Å². The minimum absolute atomic E-state index is 0.00574. The Bertz CT molecular complexity index is 1110. The number of ether oxygens (including phenoxy) is 1. The average molecular weight is 500 g/mol. The Morgan fingerprint density at radius 1 is 1.00 bits per heavy atom. The minimum Gasteiger partial charge on any atom is -0.462 e. The van der Waals surface area contributed by atoms with Crippen LogP contribution >= 0.6 is 0 Å². The first-order chi connectivity index (χ1) is 17.1. The quantitative estimate of drug-likeness (QED) is 0.574. The Morgan fingerprint density at radius 2 is 1.69 bits per heavy atom. The van der Waals surface area contributed by atoms with E-state index in [1.54, 1.807) is 13.0 Å². The standard InChI is InChI=1S/C28H35F2N3O3/c1-5-36-27(35)21-8-6-7-9-25(21)31-12-14-32(15-13-31)26(34)23-18-33(28(2,3)4)17-22(23)20-11-10-19(29)16-24(20)30/h6-11,16,22-23H,5,12-15,17-18H2,1-4H3. The van der Waals surface area contributed by atoms with Gasteiger partial charge in [0.2, 0.25) is 5.91 Å². The lowest BCUT2D eigenvalue weighted by Crippen LogP contribution is -2.51. The first kappa shape index (κ1) is 26.1. The fourth-order valence-corrected chi connectivity index (χ4v) is 5.25. The molecule has 2 heterocycles. The van der Waals surface area contributed by atoms with Crippen molar-refractivity contribution < 1.29 is 23.1 Å². The van der Waals surface area contributed by atoms with Crippen LogP contribution in [-0.4, -0.2) is 73.1 Å². The number of anilines is 1. The second kappa shape index (κ2) is 10.5. The van der Waals surface area contributed by atoms with Gasteiger partial charge in [-0.25, -0.2) is 13.6 Å². The third kappa shape index (κ3) is 5.38. The zero-order valence-corrected chi connectivity index (χ0v) is 21.5. The highest BCUT2D eigenvalue weighted by atomic mass is 19.1. The molecule has 2 aliphatic rings. The number of piperazine rings is 1. The maximum Gasteiger partial charge on any atom is 0.340 e. The summed E-state index contributed by atoms with van der Waals surface area (Å²) in [6, 6.07) is 11.0. The summed E-state index contributed by atoms with van der Waals surface area (Å²) < 4.78 is 33.6. The third-order valence-corrected chi connectivity index (χ3v) is 7.28. The van der Waals surface area contributed by atoms with Crippen LogP contribution < -0.4 is 4.90 Å². The maximum atomic E-state index is 14.8. The second-order valence-corrected chi connectivity index (χ2v) is 10.5. The van der Waals surface area contributed by atoms with E-state index in [9.17, 15) is 18.4 Å². The lowest BCUT2D eigenvalue weighted by molar-refractivity contribution is -0.136. The van der Waals surface area contributed by atoms with Gasteiger partial charge in [0.1, 0.15) is 11.6 Å². The molecule has 0 spiro atoms. The lowest BCUT2D eigenvalue weighted by Gasteiger charge is -2.38. The van der Waals surface area contributed by atoms with Gasteiger partial charge in [0.05, 0.1) is 23.8 Å². The van der Waals surface area contributed by atoms with E-state index in [4.69, 9.17) is 4.74 Å². The smallest absolute Gasteiger partial charge is 0.340 e. The topological polar surface area (TPSA) is 53.1 Å². The van der Waals surface area contributed by atoms with Crippen molar-refractivity contribution in [3.05, 3.63) is 65.2 Å². The number of carbonyl (C=O) groups excluding carboxylic acids is 2. The largest absolute Gasteiger partial charge is 0.462 e. The molecule has 2 unspecified atom stereocenters. The second-order valence-electron chi connectivity index (χ2n) is 10.5. The van der Waals surface area contributed by atoms with Crippen molar-refractivity contribution in [3.63, 3.8) is 0 Å². The van der Waals surface area contributed by atoms with Crippen molar-refractivity contribution in [1.29, 1.82) is 0 Å². The molecule has 2 atom stereocenters. The summed E-state index contributed by atoms with van der Waals surface area (Å²) in [4.78, 5) is 32.3. The van der Waals surface area contributed by atoms with Crippen LogP contribution in [0.15, 0.2) is 42.5 Å². The first-order valence-corrected chi connectivity index (χ1v) is 12.6. The summed E-state index contributed by atoms with van der Waals surface area (Å²) >= 11 is 0. The molecule has 2 saturated heterocycles. The van der Waals surface area contributed by atoms with Crippen LogP contribution in [0.5, 0.6) is 0 Å². The number of nitrogens with zero attached hydrogens (tertiary/aromatic N) is 3. The number of esters is 1. The van der Waals surface area contributed by atoms with Crippen molar-refractivity contribution in [2.75, 3.05) is 50.8 Å². The highest BCUT2D eigenvalue weighted by molar-refractivity contribution is 5.96. The van der Waals surface area contributed by atoms with Crippen LogP contribution in [0, 0.1) is 17.6 Å². The Morgan fingerprint density at radius 3 is 2.33 bits per heavy atom. The predicted octanol–water partition coefficient (Wildman–Crippen LogP) is 4.30. The highest BCUT2D eigenvalue weighted by Crippen LogP contribution is 2.38. The van der Waals surface area contributed by atoms with Gasteiger partial charge in [-0.05, 0) is 51.5 Å². The van der Waals surface area contributed by atoms with Crippen LogP contribution in [0.25, 0.3) is 0 Å². The molecule has 0 bridgehead atoms. The number of amides is 1. The summed E-state index contributed by atoms with van der Waals surface area (Å²) in [5, 5.41) is 0. The molecule has 2 fully saturated rings. The molecule has 0 aromatic heterocycles. The van der Waals surface area contributed by atoms with Crippen LogP contribution in [0.3, 0.4) is 0 Å². The Hall–Kier alpha value is -3.00. The van der Waals surface area contributed by atoms with Gasteiger partial charge in [-0.2, -0.15) is 0 Å². The number of para-hydroxylation sites is 1. The SMILES string of the molecule is CCOC(=O)c1ccccc1N1CCN(C(=O)C2CN(C(C)(C)C)CC2c2ccc(F)cc2F)CC1. The molecule has 0 saturated carbocycles. The molecule has 0 radical (unpaired) electrons. The van der Waals surface area contributed by atoms with Crippen molar-refractivity contribution in [3.8, 4) is 0 Å². The first-order valence-electron chi connectivity index (χ1n) is 12.6. The van der Waals surface area contributed by atoms with Gasteiger partial charge in [0, 0.05) is 56.8 Å². The summed E-state index contributed by atoms with van der Waals surface area (Å²) in [6.45, 7) is 11.5. The van der Waals surface area contributed by atoms with Gasteiger partial charge in [-0.15, -0.1) is 0 Å². The van der Waals surface area contributed by atoms with E-state index in [0.29, 0.717) is 57.0 Å². The summed E-state index contributed by atoms with van der Waals surface area (Å²) in [7, 11) is 0. The maximum absolute atomic E-state index is 14.8. The minimum atomic E-state index is -0.621. The number of carbonyl (C=O) groups is 2. The van der Waals surface area contributed by atoms with Crippen molar-refractivity contribution in [1.82, 2.24) is 9.80 Å². The van der Waals surface area contributed by atoms with E-state index in [0.717, 1.165) is 11.8 Å². The molecule has 1 amide bonds. The van der Waals surface area contributed by atoms with Gasteiger partial charge in [-0.3, -0.25) is 9.69 Å². The number of hydrogen-bond donors (Lipinski definition) is 0. The van der Waals surface area contributed by atoms with Crippen LogP contribution in [0.1, 0.15) is 49.5 Å². The van der Waals surface area contributed by atoms with E-state index in [-0.39, 0.29) is 23.3 Å². The van der Waals surface area contributed by atoms with Gasteiger partial charge in [0.15, 0.2) is 0 Å². The highest BCUT2D eigenvalue weighted by Gasteiger charge is 2.44. The molecule has 4 rings (SSSR count). The molecule has 6 nitrogen and oxygen atoms in total. The molecule has 2 aromatic carbocycles. The molecule has 0 aliphatic carbocycles. The summed E-state index contributed by atoms with van der Waals surface area (Å²) in [6.07, 6.45) is 0. The summed E-state index contributed by atoms with van der Waals surface area (Å²) in [5.74, 6) is -2.35. The average Bonchev–Trinajstić information content (AvgIpc) is 3.30. The number of hydrogen-bond acceptors (Lipinski definition) is 5. The van der Waals surface area contributed by atoms with Crippen molar-refractivity contribution in [2.24, 2.45) is 5.92 Å². The Balaban J connectivity index is 1.51. The van der Waals surface area contributed by atoms with E-state index in [1.165, 1.54) is 12.1 Å². The van der Waals surface area contributed by atoms with Gasteiger partial charge in [-0.1, -0.05) is 18.2 Å². The Labute approximate surface area is 211 Å². The fourth-order valence-electron chi connectivity index (χ4n) is 5.25. The molecular weight excluding hydrogens is 464 g/mol. The molecule has 8 heteroatoms. The molecule has 2 aliphatic heterocycles. The van der Waals surface area contributed by atoms with Gasteiger partial charge >= 0.3 is 5.97 Å². The van der Waals surface area contributed by atoms with E-state index >= 15 is 0 Å². The lowest BCUT2D eigenvalue weighted by atomic mass is 9.87. The fraction of sp³-hybridized carbons (Fsp3) is 0.500. The Kier molecular flexibility index (Phi) is 7.64. The molecular formula is C28H35F2N3O3. The molecule has 0 N–H and O–H groups in total.